The Labute approximate surface area is 126 Å². The number of aliphatic carboxylic acids is 1. The lowest BCUT2D eigenvalue weighted by Gasteiger charge is -2.29. The molecule has 0 saturated carbocycles. The van der Waals surface area contributed by atoms with Gasteiger partial charge in [0.1, 0.15) is 5.82 Å². The first-order chi connectivity index (χ1) is 10.5. The number of piperidine rings is 1. The maximum absolute atomic E-state index is 13.2. The van der Waals surface area contributed by atoms with Gasteiger partial charge < -0.3 is 10.1 Å². The van der Waals surface area contributed by atoms with Crippen molar-refractivity contribution in [1.82, 2.24) is 9.88 Å². The molecule has 5 nitrogen and oxygen atoms in total. The number of nitrogens with one attached hydrogen (secondary N) is 1. The number of carbonyl (C=O) groups is 1. The number of nitrogens with zero attached hydrogens (tertiary/aromatic N) is 1. The predicted molar refractivity (Wildman–Crippen MR) is 80.2 cm³/mol. The first-order valence-corrected chi connectivity index (χ1v) is 7.29. The summed E-state index contributed by atoms with van der Waals surface area (Å²) in [5.41, 5.74) is 1.17. The molecule has 0 bridgehead atoms. The van der Waals surface area contributed by atoms with Gasteiger partial charge in [0, 0.05) is 29.2 Å². The molecule has 0 unspecified atom stereocenters. The van der Waals surface area contributed by atoms with E-state index in [4.69, 9.17) is 5.11 Å². The second kappa shape index (κ2) is 5.88. The standard InChI is InChI=1S/C16H17FN2O3/c17-11-1-2-14-13(7-11)15(20)8-12(18-14)9-19-5-3-10(4-6-19)16(21)22/h1-2,7-8,10H,3-6,9H2,(H,18,20)(H,21,22). The number of pyridine rings is 1. The average Bonchev–Trinajstić information content (AvgIpc) is 2.49. The molecule has 22 heavy (non-hydrogen) atoms. The zero-order valence-corrected chi connectivity index (χ0v) is 12.0. The van der Waals surface area contributed by atoms with Crippen LogP contribution in [0.5, 0.6) is 0 Å². The van der Waals surface area contributed by atoms with Crippen molar-refractivity contribution in [1.29, 1.82) is 0 Å². The molecule has 1 aliphatic rings. The van der Waals surface area contributed by atoms with Crippen LogP contribution in [0.2, 0.25) is 0 Å². The number of benzene rings is 1. The third-order valence-electron chi connectivity index (χ3n) is 4.18. The molecular weight excluding hydrogens is 287 g/mol. The fourth-order valence-electron chi connectivity index (χ4n) is 2.94. The van der Waals surface area contributed by atoms with Gasteiger partial charge in [-0.1, -0.05) is 0 Å². The van der Waals surface area contributed by atoms with Crippen LogP contribution in [0.1, 0.15) is 18.5 Å². The van der Waals surface area contributed by atoms with E-state index < -0.39 is 11.8 Å². The van der Waals surface area contributed by atoms with Crippen molar-refractivity contribution in [3.05, 3.63) is 46.0 Å². The van der Waals surface area contributed by atoms with Crippen LogP contribution in [-0.2, 0) is 11.3 Å². The Morgan fingerprint density at radius 3 is 2.73 bits per heavy atom. The number of carboxylic acids is 1. The van der Waals surface area contributed by atoms with Crippen LogP contribution in [0.3, 0.4) is 0 Å². The summed E-state index contributed by atoms with van der Waals surface area (Å²) in [6, 6.07) is 5.61. The quantitative estimate of drug-likeness (QED) is 0.909. The van der Waals surface area contributed by atoms with Crippen LogP contribution in [0.15, 0.2) is 29.1 Å². The molecule has 1 saturated heterocycles. The van der Waals surface area contributed by atoms with Gasteiger partial charge in [0.15, 0.2) is 5.43 Å². The zero-order valence-electron chi connectivity index (χ0n) is 12.0. The summed E-state index contributed by atoms with van der Waals surface area (Å²) >= 11 is 0. The van der Waals surface area contributed by atoms with E-state index in [1.165, 1.54) is 18.2 Å². The Morgan fingerprint density at radius 1 is 1.32 bits per heavy atom. The lowest BCUT2D eigenvalue weighted by atomic mass is 9.97. The predicted octanol–water partition coefficient (Wildman–Crippen LogP) is 1.96. The van der Waals surface area contributed by atoms with Crippen molar-refractivity contribution in [2.75, 3.05) is 13.1 Å². The maximum Gasteiger partial charge on any atom is 0.306 e. The van der Waals surface area contributed by atoms with Gasteiger partial charge in [0.05, 0.1) is 5.92 Å². The molecule has 1 aromatic carbocycles. The second-order valence-electron chi connectivity index (χ2n) is 5.74. The summed E-state index contributed by atoms with van der Waals surface area (Å²) in [6.07, 6.45) is 1.25. The minimum atomic E-state index is -0.735. The summed E-state index contributed by atoms with van der Waals surface area (Å²) in [4.78, 5) is 28.3. The van der Waals surface area contributed by atoms with E-state index in [1.54, 1.807) is 6.07 Å². The highest BCUT2D eigenvalue weighted by atomic mass is 19.1. The average molecular weight is 304 g/mol. The third kappa shape index (κ3) is 3.01. The van der Waals surface area contributed by atoms with Gasteiger partial charge in [-0.3, -0.25) is 14.5 Å². The van der Waals surface area contributed by atoms with Crippen molar-refractivity contribution >= 4 is 16.9 Å². The highest BCUT2D eigenvalue weighted by molar-refractivity contribution is 5.78. The second-order valence-corrected chi connectivity index (χ2v) is 5.74. The molecule has 3 rings (SSSR count). The highest BCUT2D eigenvalue weighted by Gasteiger charge is 2.24. The zero-order chi connectivity index (χ0) is 15.7. The molecule has 1 aromatic heterocycles. The van der Waals surface area contributed by atoms with Gasteiger partial charge in [0.2, 0.25) is 0 Å². The number of rotatable bonds is 3. The summed E-state index contributed by atoms with van der Waals surface area (Å²) in [5.74, 6) is -1.43. The Hall–Kier alpha value is -2.21. The van der Waals surface area contributed by atoms with Crippen molar-refractivity contribution < 1.29 is 14.3 Å². The molecule has 1 fully saturated rings. The first kappa shape index (κ1) is 14.7. The van der Waals surface area contributed by atoms with Crippen molar-refractivity contribution in [3.8, 4) is 0 Å². The molecular formula is C16H17FN2O3. The summed E-state index contributed by atoms with van der Waals surface area (Å²) in [5, 5.41) is 9.34. The molecule has 6 heteroatoms. The number of H-pyrrole nitrogens is 1. The molecule has 2 N–H and O–H groups in total. The van der Waals surface area contributed by atoms with Gasteiger partial charge in [-0.15, -0.1) is 0 Å². The van der Waals surface area contributed by atoms with Gasteiger partial charge in [-0.2, -0.15) is 0 Å². The molecule has 0 aliphatic carbocycles. The monoisotopic (exact) mass is 304 g/mol. The minimum Gasteiger partial charge on any atom is -0.481 e. The van der Waals surface area contributed by atoms with E-state index in [0.29, 0.717) is 43.4 Å². The molecule has 0 spiro atoms. The number of fused-ring (bicyclic) bond motifs is 1. The molecule has 2 aromatic rings. The van der Waals surface area contributed by atoms with Crippen LogP contribution < -0.4 is 5.43 Å². The molecule has 1 aliphatic heterocycles. The Morgan fingerprint density at radius 2 is 2.05 bits per heavy atom. The molecule has 0 amide bonds. The largest absolute Gasteiger partial charge is 0.481 e. The molecule has 2 heterocycles. The minimum absolute atomic E-state index is 0.205. The van der Waals surface area contributed by atoms with E-state index in [0.717, 1.165) is 5.69 Å². The number of hydrogen-bond donors (Lipinski definition) is 2. The van der Waals surface area contributed by atoms with Gasteiger partial charge >= 0.3 is 5.97 Å². The fourth-order valence-corrected chi connectivity index (χ4v) is 2.94. The number of aromatic amines is 1. The lowest BCUT2D eigenvalue weighted by Crippen LogP contribution is -2.36. The lowest BCUT2D eigenvalue weighted by molar-refractivity contribution is -0.143. The Balaban J connectivity index is 1.76. The molecule has 0 atom stereocenters. The van der Waals surface area contributed by atoms with Crippen molar-refractivity contribution in [3.63, 3.8) is 0 Å². The SMILES string of the molecule is O=C(O)C1CCN(Cc2cc(=O)c3cc(F)ccc3[nH]2)CC1. The van der Waals surface area contributed by atoms with Crippen LogP contribution in [0.25, 0.3) is 10.9 Å². The van der Waals surface area contributed by atoms with Gasteiger partial charge in [-0.05, 0) is 44.1 Å². The Kier molecular flexibility index (Phi) is 3.94. The van der Waals surface area contributed by atoms with Gasteiger partial charge in [-0.25, -0.2) is 4.39 Å². The van der Waals surface area contributed by atoms with Crippen LogP contribution in [-0.4, -0.2) is 34.0 Å². The molecule has 0 radical (unpaired) electrons. The number of likely N-dealkylation sites (tertiary alicyclic amines) is 1. The summed E-state index contributed by atoms with van der Waals surface area (Å²) < 4.78 is 13.2. The number of aromatic nitrogens is 1. The van der Waals surface area contributed by atoms with E-state index >= 15 is 0 Å². The van der Waals surface area contributed by atoms with E-state index in [9.17, 15) is 14.0 Å². The smallest absolute Gasteiger partial charge is 0.306 e. The van der Waals surface area contributed by atoms with E-state index in [-0.39, 0.29) is 11.3 Å². The topological polar surface area (TPSA) is 73.4 Å². The number of halogens is 1. The fraction of sp³-hybridized carbons (Fsp3) is 0.375. The number of hydrogen-bond acceptors (Lipinski definition) is 3. The van der Waals surface area contributed by atoms with Crippen LogP contribution in [0.4, 0.5) is 4.39 Å². The maximum atomic E-state index is 13.2. The highest BCUT2D eigenvalue weighted by Crippen LogP contribution is 2.19. The van der Waals surface area contributed by atoms with Crippen molar-refractivity contribution in [2.45, 2.75) is 19.4 Å². The molecule has 116 valence electrons. The van der Waals surface area contributed by atoms with Crippen LogP contribution >= 0.6 is 0 Å². The van der Waals surface area contributed by atoms with Gasteiger partial charge in [0.25, 0.3) is 0 Å². The first-order valence-electron chi connectivity index (χ1n) is 7.29. The third-order valence-corrected chi connectivity index (χ3v) is 4.18. The van der Waals surface area contributed by atoms with Crippen molar-refractivity contribution in [2.24, 2.45) is 5.92 Å². The number of carboxylic acid groups (broad SMARTS) is 1. The van der Waals surface area contributed by atoms with Crippen LogP contribution in [0, 0.1) is 11.7 Å². The van der Waals surface area contributed by atoms with E-state index in [1.807, 2.05) is 0 Å². The summed E-state index contributed by atoms with van der Waals surface area (Å²) in [6.45, 7) is 1.95. The van der Waals surface area contributed by atoms with E-state index in [2.05, 4.69) is 9.88 Å². The normalized spacial score (nSPS) is 17.0. The summed E-state index contributed by atoms with van der Waals surface area (Å²) in [7, 11) is 0. The Bertz CT molecular complexity index is 764.